The summed E-state index contributed by atoms with van der Waals surface area (Å²) in [6.45, 7) is 1.11. The number of aromatic nitrogens is 1. The van der Waals surface area contributed by atoms with Gasteiger partial charge in [-0.25, -0.2) is 9.37 Å². The van der Waals surface area contributed by atoms with Gasteiger partial charge in [-0.3, -0.25) is 4.79 Å². The number of halogens is 2. The third-order valence-electron chi connectivity index (χ3n) is 3.49. The second-order valence-corrected chi connectivity index (χ2v) is 4.97. The monoisotopic (exact) mass is 269 g/mol. The Balaban J connectivity index is 2.17. The highest BCUT2D eigenvalue weighted by Crippen LogP contribution is 2.18. The van der Waals surface area contributed by atoms with E-state index in [-0.39, 0.29) is 11.6 Å². The predicted molar refractivity (Wildman–Crippen MR) is 66.8 cm³/mol. The zero-order valence-corrected chi connectivity index (χ0v) is 11.1. The number of pyridine rings is 1. The van der Waals surface area contributed by atoms with Gasteiger partial charge in [0, 0.05) is 25.3 Å². The molecule has 1 unspecified atom stereocenters. The number of rotatable bonds is 2. The first-order valence-corrected chi connectivity index (χ1v) is 6.26. The fourth-order valence-corrected chi connectivity index (χ4v) is 2.31. The summed E-state index contributed by atoms with van der Waals surface area (Å²) >= 11 is 0. The number of carbonyl (C=O) groups excluding carboxylic acids is 1. The predicted octanol–water partition coefficient (Wildman–Crippen LogP) is 1.53. The SMILES string of the molecule is CN(C)C1CCCN(C(=O)c2ccnc(F)c2F)C1. The Bertz CT molecular complexity index is 479. The van der Waals surface area contributed by atoms with Gasteiger partial charge < -0.3 is 9.80 Å². The van der Waals surface area contributed by atoms with Crippen molar-refractivity contribution in [1.82, 2.24) is 14.8 Å². The lowest BCUT2D eigenvalue weighted by Gasteiger charge is -2.36. The van der Waals surface area contributed by atoms with Gasteiger partial charge in [-0.05, 0) is 33.0 Å². The number of likely N-dealkylation sites (N-methyl/N-ethyl adjacent to an activating group) is 1. The second kappa shape index (κ2) is 5.61. The molecule has 1 saturated heterocycles. The summed E-state index contributed by atoms with van der Waals surface area (Å²) in [4.78, 5) is 19.0. The van der Waals surface area contributed by atoms with E-state index in [0.717, 1.165) is 19.0 Å². The van der Waals surface area contributed by atoms with E-state index in [1.54, 1.807) is 4.90 Å². The summed E-state index contributed by atoms with van der Waals surface area (Å²) < 4.78 is 26.6. The first kappa shape index (κ1) is 13.9. The number of hydrogen-bond donors (Lipinski definition) is 0. The first-order chi connectivity index (χ1) is 9.00. The molecule has 2 heterocycles. The van der Waals surface area contributed by atoms with Crippen molar-refractivity contribution in [1.29, 1.82) is 0 Å². The molecule has 0 aliphatic carbocycles. The van der Waals surface area contributed by atoms with Gasteiger partial charge in [0.05, 0.1) is 5.56 Å². The van der Waals surface area contributed by atoms with Crippen LogP contribution in [-0.4, -0.2) is 53.9 Å². The van der Waals surface area contributed by atoms with E-state index in [2.05, 4.69) is 4.98 Å². The molecule has 1 aliphatic rings. The van der Waals surface area contributed by atoms with Crippen LogP contribution in [0.25, 0.3) is 0 Å². The van der Waals surface area contributed by atoms with Crippen LogP contribution in [0.5, 0.6) is 0 Å². The minimum atomic E-state index is -1.23. The molecule has 19 heavy (non-hydrogen) atoms. The second-order valence-electron chi connectivity index (χ2n) is 4.97. The Labute approximate surface area is 111 Å². The van der Waals surface area contributed by atoms with Crippen molar-refractivity contribution < 1.29 is 13.6 Å². The molecular formula is C13H17F2N3O. The molecule has 0 radical (unpaired) electrons. The molecule has 0 saturated carbocycles. The van der Waals surface area contributed by atoms with E-state index in [0.29, 0.717) is 13.1 Å². The van der Waals surface area contributed by atoms with E-state index in [4.69, 9.17) is 0 Å². The molecule has 1 aromatic rings. The molecular weight excluding hydrogens is 252 g/mol. The molecule has 0 aromatic carbocycles. The molecule has 1 amide bonds. The van der Waals surface area contributed by atoms with Gasteiger partial charge in [0.15, 0.2) is 5.82 Å². The van der Waals surface area contributed by atoms with Crippen molar-refractivity contribution in [2.75, 3.05) is 27.2 Å². The van der Waals surface area contributed by atoms with Crippen LogP contribution in [0.15, 0.2) is 12.3 Å². The molecule has 1 aliphatic heterocycles. The maximum absolute atomic E-state index is 13.6. The average Bonchev–Trinajstić information content (AvgIpc) is 2.41. The third-order valence-corrected chi connectivity index (χ3v) is 3.49. The molecule has 1 aromatic heterocycles. The van der Waals surface area contributed by atoms with Crippen LogP contribution >= 0.6 is 0 Å². The standard InChI is InChI=1S/C13H17F2N3O/c1-17(2)9-4-3-7-18(8-9)13(19)10-5-6-16-12(15)11(10)14/h5-6,9H,3-4,7-8H2,1-2H3. The molecule has 1 fully saturated rings. The number of carbonyl (C=O) groups is 1. The summed E-state index contributed by atoms with van der Waals surface area (Å²) in [5.74, 6) is -2.86. The van der Waals surface area contributed by atoms with Crippen LogP contribution in [0, 0.1) is 11.8 Å². The minimum absolute atomic E-state index is 0.244. The van der Waals surface area contributed by atoms with Gasteiger partial charge >= 0.3 is 0 Å². The lowest BCUT2D eigenvalue weighted by Crippen LogP contribution is -2.47. The zero-order chi connectivity index (χ0) is 14.0. The maximum Gasteiger partial charge on any atom is 0.257 e. The van der Waals surface area contributed by atoms with Gasteiger partial charge in [0.2, 0.25) is 5.95 Å². The van der Waals surface area contributed by atoms with Crippen LogP contribution < -0.4 is 0 Å². The third kappa shape index (κ3) is 2.89. The van der Waals surface area contributed by atoms with Gasteiger partial charge in [0.25, 0.3) is 5.91 Å². The topological polar surface area (TPSA) is 36.4 Å². The number of nitrogens with zero attached hydrogens (tertiary/aromatic N) is 3. The Morgan fingerprint density at radius 2 is 2.21 bits per heavy atom. The smallest absolute Gasteiger partial charge is 0.257 e. The number of hydrogen-bond acceptors (Lipinski definition) is 3. The van der Waals surface area contributed by atoms with Crippen LogP contribution in [0.1, 0.15) is 23.2 Å². The Kier molecular flexibility index (Phi) is 4.09. The van der Waals surface area contributed by atoms with Crippen molar-refractivity contribution in [2.24, 2.45) is 0 Å². The quantitative estimate of drug-likeness (QED) is 0.764. The molecule has 1 atom stereocenters. The van der Waals surface area contributed by atoms with Crippen molar-refractivity contribution in [3.63, 3.8) is 0 Å². The van der Waals surface area contributed by atoms with Crippen molar-refractivity contribution in [3.05, 3.63) is 29.6 Å². The van der Waals surface area contributed by atoms with Crippen LogP contribution in [0.4, 0.5) is 8.78 Å². The summed E-state index contributed by atoms with van der Waals surface area (Å²) in [6.07, 6.45) is 2.98. The largest absolute Gasteiger partial charge is 0.337 e. The van der Waals surface area contributed by atoms with E-state index >= 15 is 0 Å². The van der Waals surface area contributed by atoms with Crippen molar-refractivity contribution in [3.8, 4) is 0 Å². The molecule has 104 valence electrons. The number of amides is 1. The highest BCUT2D eigenvalue weighted by Gasteiger charge is 2.27. The van der Waals surface area contributed by atoms with Gasteiger partial charge in [-0.1, -0.05) is 0 Å². The number of likely N-dealkylation sites (tertiary alicyclic amines) is 1. The zero-order valence-electron chi connectivity index (χ0n) is 11.1. The Morgan fingerprint density at radius 3 is 2.89 bits per heavy atom. The summed E-state index contributed by atoms with van der Waals surface area (Å²) in [6, 6.07) is 1.48. The number of piperidine rings is 1. The molecule has 0 bridgehead atoms. The highest BCUT2D eigenvalue weighted by molar-refractivity contribution is 5.94. The fraction of sp³-hybridized carbons (Fsp3) is 0.538. The van der Waals surface area contributed by atoms with Crippen molar-refractivity contribution in [2.45, 2.75) is 18.9 Å². The molecule has 6 heteroatoms. The van der Waals surface area contributed by atoms with Gasteiger partial charge in [-0.15, -0.1) is 0 Å². The molecule has 0 N–H and O–H groups in total. The maximum atomic E-state index is 13.6. The fourth-order valence-electron chi connectivity index (χ4n) is 2.31. The lowest BCUT2D eigenvalue weighted by molar-refractivity contribution is 0.0629. The normalized spacial score (nSPS) is 19.8. The van der Waals surface area contributed by atoms with E-state index in [1.807, 2.05) is 19.0 Å². The van der Waals surface area contributed by atoms with E-state index < -0.39 is 17.7 Å². The summed E-state index contributed by atoms with van der Waals surface area (Å²) in [5, 5.41) is 0. The molecule has 4 nitrogen and oxygen atoms in total. The summed E-state index contributed by atoms with van der Waals surface area (Å²) in [7, 11) is 3.90. The summed E-state index contributed by atoms with van der Waals surface area (Å²) in [5.41, 5.74) is -0.244. The van der Waals surface area contributed by atoms with E-state index in [9.17, 15) is 13.6 Å². The van der Waals surface area contributed by atoms with Gasteiger partial charge in [-0.2, -0.15) is 4.39 Å². The lowest BCUT2D eigenvalue weighted by atomic mass is 10.0. The van der Waals surface area contributed by atoms with Crippen LogP contribution in [-0.2, 0) is 0 Å². The minimum Gasteiger partial charge on any atom is -0.337 e. The van der Waals surface area contributed by atoms with Gasteiger partial charge in [0.1, 0.15) is 0 Å². The Morgan fingerprint density at radius 1 is 1.47 bits per heavy atom. The van der Waals surface area contributed by atoms with E-state index in [1.165, 1.54) is 6.07 Å². The Hall–Kier alpha value is -1.56. The average molecular weight is 269 g/mol. The van der Waals surface area contributed by atoms with Crippen molar-refractivity contribution >= 4 is 5.91 Å². The first-order valence-electron chi connectivity index (χ1n) is 6.26. The highest BCUT2D eigenvalue weighted by atomic mass is 19.2. The van der Waals surface area contributed by atoms with Crippen LogP contribution in [0.3, 0.4) is 0 Å². The molecule has 0 spiro atoms. The van der Waals surface area contributed by atoms with Crippen LogP contribution in [0.2, 0.25) is 0 Å². The molecule has 2 rings (SSSR count).